The zero-order chi connectivity index (χ0) is 12.1. The molecule has 0 aliphatic heterocycles. The first-order valence-electron chi connectivity index (χ1n) is 4.58. The number of ether oxygens (including phenoxy) is 2. The van der Waals surface area contributed by atoms with E-state index in [1.807, 2.05) is 0 Å². The van der Waals surface area contributed by atoms with Crippen molar-refractivity contribution < 1.29 is 38.9 Å². The molecular formula is C10H18INO4Zn-. The van der Waals surface area contributed by atoms with Gasteiger partial charge in [-0.1, -0.05) is 20.8 Å². The largest absolute Gasteiger partial charge is 0.595 e. The number of carbonyl (C=O) groups excluding carboxylic acids is 1. The molecule has 97 valence electrons. The monoisotopic (exact) mass is 407 g/mol. The maximum atomic E-state index is 11.2. The van der Waals surface area contributed by atoms with Gasteiger partial charge in [0, 0.05) is 25.1 Å². The van der Waals surface area contributed by atoms with Crippen LogP contribution >= 0.6 is 24.0 Å². The zero-order valence-electron chi connectivity index (χ0n) is 10.7. The molecule has 0 unspecified atom stereocenters. The first-order valence-corrected chi connectivity index (χ1v) is 4.58. The standard InChI is InChI=1S/C10H18NO4.HI.Zn/c1-7(6-8(12)14-5)11-9(13)15-10(2,3)4;;/h7H,1,6H2,2-5H3,(H,11,13);1H;/p-1/t7-;;/m1../s1. The number of hydrogen-bond donors (Lipinski definition) is 0. The Kier molecular flexibility index (Phi) is 13.2. The van der Waals surface area contributed by atoms with Gasteiger partial charge >= 0.3 is 5.97 Å². The van der Waals surface area contributed by atoms with Crippen LogP contribution in [0.2, 0.25) is 0 Å². The molecule has 1 atom stereocenters. The van der Waals surface area contributed by atoms with Crippen molar-refractivity contribution in [1.82, 2.24) is 0 Å². The molecule has 5 nitrogen and oxygen atoms in total. The summed E-state index contributed by atoms with van der Waals surface area (Å²) in [5, 5.41) is 11.2. The van der Waals surface area contributed by atoms with E-state index >= 15 is 0 Å². The zero-order valence-corrected chi connectivity index (χ0v) is 16.0. The molecular weight excluding hydrogens is 390 g/mol. The molecule has 1 radical (unpaired) electrons. The summed E-state index contributed by atoms with van der Waals surface area (Å²) in [4.78, 5) is 14.4. The van der Waals surface area contributed by atoms with Gasteiger partial charge in [-0.3, -0.25) is 9.79 Å². The van der Waals surface area contributed by atoms with Crippen LogP contribution in [0, 0.1) is 6.92 Å². The summed E-state index contributed by atoms with van der Waals surface area (Å²) in [5.74, 6) is -0.456. The van der Waals surface area contributed by atoms with Gasteiger partial charge in [-0.15, -0.1) is 24.0 Å². The van der Waals surface area contributed by atoms with Crippen molar-refractivity contribution in [2.45, 2.75) is 38.8 Å². The van der Waals surface area contributed by atoms with E-state index in [9.17, 15) is 9.90 Å². The van der Waals surface area contributed by atoms with Gasteiger partial charge < -0.3 is 14.6 Å². The molecule has 0 spiro atoms. The third kappa shape index (κ3) is 14.0. The number of rotatable bonds is 3. The average molecular weight is 409 g/mol. The van der Waals surface area contributed by atoms with Crippen molar-refractivity contribution in [3.63, 3.8) is 0 Å². The minimum atomic E-state index is -0.716. The number of esters is 1. The fourth-order valence-electron chi connectivity index (χ4n) is 0.759. The molecule has 7 heteroatoms. The minimum Gasteiger partial charge on any atom is -0.595 e. The maximum absolute atomic E-state index is 11.2. The Bertz CT molecular complexity index is 253. The molecule has 0 aromatic heterocycles. The van der Waals surface area contributed by atoms with Gasteiger partial charge in [-0.2, -0.15) is 0 Å². The van der Waals surface area contributed by atoms with E-state index < -0.39 is 23.7 Å². The molecule has 0 aromatic rings. The third-order valence-corrected chi connectivity index (χ3v) is 1.31. The Morgan fingerprint density at radius 2 is 1.94 bits per heavy atom. The molecule has 0 fully saturated rings. The number of hydrogen-bond acceptors (Lipinski definition) is 5. The number of aliphatic imine (C=N–C) groups is 1. The topological polar surface area (TPSA) is 71.0 Å². The summed E-state index contributed by atoms with van der Waals surface area (Å²) in [6.45, 7) is 8.73. The second kappa shape index (κ2) is 10.1. The van der Waals surface area contributed by atoms with Crippen LogP contribution in [0.4, 0.5) is 0 Å². The molecule has 0 aliphatic carbocycles. The SMILES string of the molecule is I.[CH2][C@H](CC(=O)OC)N=C([O-])OC(C)(C)C.[Zn]. The second-order valence-corrected chi connectivity index (χ2v) is 4.04. The van der Waals surface area contributed by atoms with Crippen LogP contribution in [0.3, 0.4) is 0 Å². The van der Waals surface area contributed by atoms with Crippen LogP contribution < -0.4 is 5.11 Å². The van der Waals surface area contributed by atoms with Crippen LogP contribution in [-0.2, 0) is 33.7 Å². The van der Waals surface area contributed by atoms with Gasteiger partial charge in [0.15, 0.2) is 0 Å². The van der Waals surface area contributed by atoms with E-state index in [1.54, 1.807) is 20.8 Å². The number of nitrogens with zero attached hydrogens (tertiary/aromatic N) is 1. The van der Waals surface area contributed by atoms with Crippen molar-refractivity contribution in [3.05, 3.63) is 6.92 Å². The quantitative estimate of drug-likeness (QED) is 0.229. The number of halogens is 1. The van der Waals surface area contributed by atoms with Crippen molar-refractivity contribution >= 4 is 36.0 Å². The van der Waals surface area contributed by atoms with Crippen molar-refractivity contribution in [3.8, 4) is 0 Å². The molecule has 0 heterocycles. The Labute approximate surface area is 132 Å². The van der Waals surface area contributed by atoms with Crippen LogP contribution in [0.25, 0.3) is 0 Å². The van der Waals surface area contributed by atoms with Gasteiger partial charge in [0.25, 0.3) is 0 Å². The molecule has 0 N–H and O–H groups in total. The number of carbonyl (C=O) groups is 1. The number of methoxy groups -OCH3 is 1. The van der Waals surface area contributed by atoms with E-state index in [0.29, 0.717) is 0 Å². The van der Waals surface area contributed by atoms with Gasteiger partial charge in [-0.05, 0) is 6.92 Å². The molecule has 0 rings (SSSR count). The average Bonchev–Trinajstić information content (AvgIpc) is 1.99. The van der Waals surface area contributed by atoms with Crippen LogP contribution in [0.5, 0.6) is 0 Å². The van der Waals surface area contributed by atoms with E-state index in [2.05, 4.69) is 16.7 Å². The summed E-state index contributed by atoms with van der Waals surface area (Å²) in [7, 11) is 1.27. The predicted molar refractivity (Wildman–Crippen MR) is 69.5 cm³/mol. The van der Waals surface area contributed by atoms with Crippen LogP contribution in [-0.4, -0.2) is 30.8 Å². The molecule has 0 saturated heterocycles. The predicted octanol–water partition coefficient (Wildman–Crippen LogP) is 0.899. The molecule has 0 amide bonds. The van der Waals surface area contributed by atoms with Crippen molar-refractivity contribution in [2.75, 3.05) is 7.11 Å². The minimum absolute atomic E-state index is 0. The summed E-state index contributed by atoms with van der Waals surface area (Å²) in [6.07, 6.45) is -0.748. The Balaban J connectivity index is -0.000000980. The smallest absolute Gasteiger partial charge is 0.307 e. The summed E-state index contributed by atoms with van der Waals surface area (Å²) in [5.41, 5.74) is -0.592. The Morgan fingerprint density at radius 1 is 1.47 bits per heavy atom. The van der Waals surface area contributed by atoms with Crippen LogP contribution in [0.1, 0.15) is 27.2 Å². The molecule has 0 aliphatic rings. The van der Waals surface area contributed by atoms with Gasteiger partial charge in [0.2, 0.25) is 0 Å². The third-order valence-electron chi connectivity index (χ3n) is 1.31. The fourth-order valence-corrected chi connectivity index (χ4v) is 0.759. The Morgan fingerprint density at radius 3 is 2.29 bits per heavy atom. The van der Waals surface area contributed by atoms with Gasteiger partial charge in [-0.25, -0.2) is 0 Å². The van der Waals surface area contributed by atoms with Gasteiger partial charge in [0.05, 0.1) is 19.6 Å². The summed E-state index contributed by atoms with van der Waals surface area (Å²) < 4.78 is 9.34. The Hall–Kier alpha value is 0.0934. The summed E-state index contributed by atoms with van der Waals surface area (Å²) >= 11 is 0. The fraction of sp³-hybridized carbons (Fsp3) is 0.700. The normalized spacial score (nSPS) is 12.9. The van der Waals surface area contributed by atoms with E-state index in [-0.39, 0.29) is 49.9 Å². The molecule has 17 heavy (non-hydrogen) atoms. The van der Waals surface area contributed by atoms with E-state index in [1.165, 1.54) is 7.11 Å². The molecule has 0 aromatic carbocycles. The second-order valence-electron chi connectivity index (χ2n) is 4.04. The van der Waals surface area contributed by atoms with E-state index in [0.717, 1.165) is 0 Å². The molecule has 0 saturated carbocycles. The summed E-state index contributed by atoms with van der Waals surface area (Å²) in [6, 6.07) is -0.674. The molecule has 0 bridgehead atoms. The van der Waals surface area contributed by atoms with Gasteiger partial charge in [0.1, 0.15) is 6.08 Å². The first kappa shape index (κ1) is 22.3. The van der Waals surface area contributed by atoms with E-state index in [4.69, 9.17) is 4.74 Å². The van der Waals surface area contributed by atoms with Crippen molar-refractivity contribution in [2.24, 2.45) is 4.99 Å². The van der Waals surface area contributed by atoms with Crippen molar-refractivity contribution in [1.29, 1.82) is 0 Å². The maximum Gasteiger partial charge on any atom is 0.307 e. The van der Waals surface area contributed by atoms with Crippen LogP contribution in [0.15, 0.2) is 4.99 Å². The first-order chi connectivity index (χ1) is 6.74.